The van der Waals surface area contributed by atoms with Gasteiger partial charge in [0.05, 0.1) is 11.4 Å². The van der Waals surface area contributed by atoms with Crippen molar-refractivity contribution in [3.63, 3.8) is 0 Å². The predicted molar refractivity (Wildman–Crippen MR) is 164 cm³/mol. The van der Waals surface area contributed by atoms with Gasteiger partial charge in [0.2, 0.25) is 0 Å². The van der Waals surface area contributed by atoms with Crippen LogP contribution in [-0.2, 0) is 0 Å². The van der Waals surface area contributed by atoms with Gasteiger partial charge < -0.3 is 4.90 Å². The van der Waals surface area contributed by atoms with Gasteiger partial charge in [-0.1, -0.05) is 97.1 Å². The molecule has 6 aromatic carbocycles. The average Bonchev–Trinajstić information content (AvgIpc) is 2.99. The van der Waals surface area contributed by atoms with Crippen LogP contribution < -0.4 is 4.90 Å². The van der Waals surface area contributed by atoms with Gasteiger partial charge in [-0.2, -0.15) is 0 Å². The molecule has 0 N–H and O–H groups in total. The predicted octanol–water partition coefficient (Wildman–Crippen LogP) is 10.7. The summed E-state index contributed by atoms with van der Waals surface area (Å²) in [5.74, 6) is -0.770. The Balaban J connectivity index is 1.55. The van der Waals surface area contributed by atoms with Crippen molar-refractivity contribution >= 4 is 22.1 Å². The van der Waals surface area contributed by atoms with E-state index in [1.807, 2.05) is 92.7 Å². The molecule has 0 bridgehead atoms. The van der Waals surface area contributed by atoms with E-state index >= 15 is 8.78 Å². The van der Waals surface area contributed by atoms with Crippen molar-refractivity contribution in [1.29, 1.82) is 0 Å². The molecular formula is C37H29F2N. The van der Waals surface area contributed by atoms with Crippen molar-refractivity contribution in [2.75, 3.05) is 4.90 Å². The SMILES string of the molecule is CC(C)N(c1ccccc1F)c1cc(-c2ccccc2)cc(-c2cccc(-c3ccc4ccccc4c3)c2)c1F. The molecule has 3 heteroatoms. The monoisotopic (exact) mass is 525 g/mol. The van der Waals surface area contributed by atoms with Gasteiger partial charge in [-0.25, -0.2) is 8.78 Å². The van der Waals surface area contributed by atoms with E-state index in [1.54, 1.807) is 23.1 Å². The summed E-state index contributed by atoms with van der Waals surface area (Å²) in [4.78, 5) is 1.74. The first-order valence-electron chi connectivity index (χ1n) is 13.5. The van der Waals surface area contributed by atoms with E-state index in [2.05, 4.69) is 30.3 Å². The summed E-state index contributed by atoms with van der Waals surface area (Å²) in [7, 11) is 0. The molecule has 0 heterocycles. The Labute approximate surface area is 234 Å². The number of rotatable bonds is 6. The fourth-order valence-electron chi connectivity index (χ4n) is 5.36. The maximum atomic E-state index is 16.7. The van der Waals surface area contributed by atoms with E-state index in [9.17, 15) is 0 Å². The second-order valence-corrected chi connectivity index (χ2v) is 10.3. The zero-order valence-corrected chi connectivity index (χ0v) is 22.5. The molecule has 0 unspecified atom stereocenters. The summed E-state index contributed by atoms with van der Waals surface area (Å²) in [5, 5.41) is 2.33. The third-order valence-electron chi connectivity index (χ3n) is 7.30. The molecule has 0 saturated carbocycles. The number of nitrogens with zero attached hydrogens (tertiary/aromatic N) is 1. The van der Waals surface area contributed by atoms with Crippen LogP contribution in [0.1, 0.15) is 13.8 Å². The summed E-state index contributed by atoms with van der Waals surface area (Å²) in [5.41, 5.74) is 5.82. The van der Waals surface area contributed by atoms with Crippen LogP contribution in [0.2, 0.25) is 0 Å². The van der Waals surface area contributed by atoms with E-state index < -0.39 is 0 Å². The van der Waals surface area contributed by atoms with Crippen molar-refractivity contribution in [3.8, 4) is 33.4 Å². The van der Waals surface area contributed by atoms with Gasteiger partial charge in [0.25, 0.3) is 0 Å². The first-order valence-corrected chi connectivity index (χ1v) is 13.5. The lowest BCUT2D eigenvalue weighted by molar-refractivity contribution is 0.604. The fraction of sp³-hybridized carbons (Fsp3) is 0.0811. The topological polar surface area (TPSA) is 3.24 Å². The van der Waals surface area contributed by atoms with E-state index in [4.69, 9.17) is 0 Å². The largest absolute Gasteiger partial charge is 0.334 e. The molecular weight excluding hydrogens is 496 g/mol. The van der Waals surface area contributed by atoms with Crippen molar-refractivity contribution in [2.45, 2.75) is 19.9 Å². The highest BCUT2D eigenvalue weighted by molar-refractivity contribution is 5.88. The van der Waals surface area contributed by atoms with Crippen LogP contribution in [0.5, 0.6) is 0 Å². The van der Waals surface area contributed by atoms with Crippen LogP contribution in [0.15, 0.2) is 133 Å². The van der Waals surface area contributed by atoms with Gasteiger partial charge in [-0.15, -0.1) is 0 Å². The Morgan fingerprint density at radius 1 is 0.475 bits per heavy atom. The number of hydrogen-bond donors (Lipinski definition) is 0. The maximum Gasteiger partial charge on any atom is 0.154 e. The number of anilines is 2. The van der Waals surface area contributed by atoms with Crippen molar-refractivity contribution in [3.05, 3.63) is 145 Å². The summed E-state index contributed by atoms with van der Waals surface area (Å²) in [6.07, 6.45) is 0. The van der Waals surface area contributed by atoms with E-state index in [0.717, 1.165) is 33.2 Å². The Hall–Kier alpha value is -4.76. The Morgan fingerprint density at radius 2 is 1.12 bits per heavy atom. The lowest BCUT2D eigenvalue weighted by atomic mass is 9.94. The fourth-order valence-corrected chi connectivity index (χ4v) is 5.36. The number of para-hydroxylation sites is 1. The smallest absolute Gasteiger partial charge is 0.154 e. The third kappa shape index (κ3) is 4.87. The van der Waals surface area contributed by atoms with Crippen molar-refractivity contribution in [1.82, 2.24) is 0 Å². The average molecular weight is 526 g/mol. The second kappa shape index (κ2) is 10.8. The molecule has 40 heavy (non-hydrogen) atoms. The lowest BCUT2D eigenvalue weighted by Gasteiger charge is -2.31. The Kier molecular flexibility index (Phi) is 6.88. The molecule has 0 amide bonds. The Morgan fingerprint density at radius 3 is 1.90 bits per heavy atom. The molecule has 0 aliphatic carbocycles. The molecule has 0 radical (unpaired) electrons. The van der Waals surface area contributed by atoms with Gasteiger partial charge in [0.15, 0.2) is 5.82 Å². The van der Waals surface area contributed by atoms with Crippen LogP contribution in [0.3, 0.4) is 0 Å². The van der Waals surface area contributed by atoms with Crippen molar-refractivity contribution < 1.29 is 8.78 Å². The van der Waals surface area contributed by atoms with Crippen LogP contribution in [0, 0.1) is 11.6 Å². The number of halogens is 2. The summed E-state index contributed by atoms with van der Waals surface area (Å²) in [6.45, 7) is 3.89. The molecule has 0 aliphatic heterocycles. The standard InChI is InChI=1S/C37H29F2N/c1-25(2)40(35-18-9-8-17-34(35)38)36-24-32(26-11-4-3-5-12-26)23-33(37(36)39)31-16-10-15-29(22-31)30-20-19-27-13-6-7-14-28(27)21-30/h3-25H,1-2H3. The summed E-state index contributed by atoms with van der Waals surface area (Å²) in [6, 6.07) is 42.6. The second-order valence-electron chi connectivity index (χ2n) is 10.3. The number of hydrogen-bond acceptors (Lipinski definition) is 1. The van der Waals surface area contributed by atoms with Crippen LogP contribution in [0.4, 0.5) is 20.2 Å². The molecule has 196 valence electrons. The summed E-state index contributed by atoms with van der Waals surface area (Å²) < 4.78 is 31.7. The number of benzene rings is 6. The highest BCUT2D eigenvalue weighted by atomic mass is 19.1. The van der Waals surface area contributed by atoms with E-state index in [-0.39, 0.29) is 17.7 Å². The summed E-state index contributed by atoms with van der Waals surface area (Å²) >= 11 is 0. The normalized spacial score (nSPS) is 11.2. The first-order chi connectivity index (χ1) is 19.5. The van der Waals surface area contributed by atoms with Gasteiger partial charge >= 0.3 is 0 Å². The molecule has 6 aromatic rings. The van der Waals surface area contributed by atoms with Gasteiger partial charge in [0, 0.05) is 11.6 Å². The highest BCUT2D eigenvalue weighted by Gasteiger charge is 2.24. The minimum atomic E-state index is -0.388. The zero-order valence-electron chi connectivity index (χ0n) is 22.5. The molecule has 0 spiro atoms. The lowest BCUT2D eigenvalue weighted by Crippen LogP contribution is -2.27. The van der Waals surface area contributed by atoms with Gasteiger partial charge in [0.1, 0.15) is 5.82 Å². The highest BCUT2D eigenvalue weighted by Crippen LogP contribution is 2.40. The Bertz CT molecular complexity index is 1810. The molecule has 0 aromatic heterocycles. The number of fused-ring (bicyclic) bond motifs is 1. The minimum Gasteiger partial charge on any atom is -0.334 e. The quantitative estimate of drug-likeness (QED) is 0.209. The first kappa shape index (κ1) is 25.5. The molecule has 0 fully saturated rings. The molecule has 0 saturated heterocycles. The molecule has 6 rings (SSSR count). The van der Waals surface area contributed by atoms with Crippen molar-refractivity contribution in [2.24, 2.45) is 0 Å². The van der Waals surface area contributed by atoms with Crippen LogP contribution in [-0.4, -0.2) is 6.04 Å². The van der Waals surface area contributed by atoms with Gasteiger partial charge in [-0.05, 0) is 88.8 Å². The van der Waals surface area contributed by atoms with E-state index in [0.29, 0.717) is 16.9 Å². The minimum absolute atomic E-state index is 0.186. The molecule has 0 atom stereocenters. The van der Waals surface area contributed by atoms with E-state index in [1.165, 1.54) is 11.5 Å². The molecule has 1 nitrogen and oxygen atoms in total. The van der Waals surface area contributed by atoms with Gasteiger partial charge in [-0.3, -0.25) is 0 Å². The molecule has 0 aliphatic rings. The zero-order chi connectivity index (χ0) is 27.6. The van der Waals surface area contributed by atoms with Crippen LogP contribution in [0.25, 0.3) is 44.2 Å². The third-order valence-corrected chi connectivity index (χ3v) is 7.30. The maximum absolute atomic E-state index is 16.7. The van der Waals surface area contributed by atoms with Crippen LogP contribution >= 0.6 is 0 Å².